The minimum atomic E-state index is -0.299. The molecule has 0 N–H and O–H groups in total. The molecule has 0 bridgehead atoms. The topological polar surface area (TPSA) is 52.6 Å². The van der Waals surface area contributed by atoms with Gasteiger partial charge in [-0.05, 0) is 12.3 Å². The molecule has 0 aromatic rings. The molecule has 0 fully saturated rings. The van der Waals surface area contributed by atoms with E-state index in [9.17, 15) is 9.59 Å². The molecule has 88 valence electrons. The van der Waals surface area contributed by atoms with Crippen molar-refractivity contribution < 1.29 is 19.1 Å². The summed E-state index contributed by atoms with van der Waals surface area (Å²) in [4.78, 5) is 21.3. The van der Waals surface area contributed by atoms with Crippen LogP contribution in [0, 0.1) is 11.8 Å². The third kappa shape index (κ3) is 9.25. The lowest BCUT2D eigenvalue weighted by Gasteiger charge is -2.18. The Morgan fingerprint density at radius 1 is 1.00 bits per heavy atom. The predicted molar refractivity (Wildman–Crippen MR) is 56.2 cm³/mol. The lowest BCUT2D eigenvalue weighted by atomic mass is 9.99. The molecule has 0 aliphatic rings. The first kappa shape index (κ1) is 13.9. The number of esters is 2. The average Bonchev–Trinajstić information content (AvgIpc) is 2.08. The van der Waals surface area contributed by atoms with E-state index in [0.29, 0.717) is 19.1 Å². The lowest BCUT2D eigenvalue weighted by Crippen LogP contribution is -2.21. The quantitative estimate of drug-likeness (QED) is 0.635. The number of rotatable bonds is 6. The van der Waals surface area contributed by atoms with Gasteiger partial charge in [-0.25, -0.2) is 0 Å². The van der Waals surface area contributed by atoms with Gasteiger partial charge in [0.05, 0.1) is 13.2 Å². The zero-order valence-electron chi connectivity index (χ0n) is 9.91. The largest absolute Gasteiger partial charge is 0.465 e. The van der Waals surface area contributed by atoms with Crippen LogP contribution in [0.2, 0.25) is 0 Å². The number of hydrogen-bond donors (Lipinski definition) is 0. The maximum absolute atomic E-state index is 10.6. The summed E-state index contributed by atoms with van der Waals surface area (Å²) < 4.78 is 9.81. The van der Waals surface area contributed by atoms with Crippen LogP contribution in [-0.4, -0.2) is 25.2 Å². The van der Waals surface area contributed by atoms with E-state index < -0.39 is 0 Å². The average molecular weight is 216 g/mol. The minimum absolute atomic E-state index is 0.0952. The van der Waals surface area contributed by atoms with Gasteiger partial charge in [0.25, 0.3) is 0 Å². The van der Waals surface area contributed by atoms with Gasteiger partial charge in [0.15, 0.2) is 0 Å². The molecule has 0 unspecified atom stereocenters. The van der Waals surface area contributed by atoms with Gasteiger partial charge < -0.3 is 9.47 Å². The molecule has 4 nitrogen and oxygen atoms in total. The molecule has 0 rings (SSSR count). The number of ether oxygens (including phenoxy) is 2. The van der Waals surface area contributed by atoms with Crippen LogP contribution >= 0.6 is 0 Å². The molecule has 0 aromatic heterocycles. The Bertz CT molecular complexity index is 193. The summed E-state index contributed by atoms with van der Waals surface area (Å²) in [6.45, 7) is 7.54. The molecule has 0 heterocycles. The lowest BCUT2D eigenvalue weighted by molar-refractivity contribution is -0.146. The summed E-state index contributed by atoms with van der Waals surface area (Å²) in [6.07, 6.45) is 0.876. The van der Waals surface area contributed by atoms with E-state index >= 15 is 0 Å². The Kier molecular flexibility index (Phi) is 6.75. The van der Waals surface area contributed by atoms with Gasteiger partial charge in [-0.3, -0.25) is 9.59 Å². The third-order valence-corrected chi connectivity index (χ3v) is 1.85. The Balaban J connectivity index is 3.94. The Hall–Kier alpha value is -1.06. The van der Waals surface area contributed by atoms with E-state index in [1.165, 1.54) is 13.8 Å². The Morgan fingerprint density at radius 3 is 1.67 bits per heavy atom. The maximum atomic E-state index is 10.6. The van der Waals surface area contributed by atoms with Gasteiger partial charge in [0, 0.05) is 19.8 Å². The van der Waals surface area contributed by atoms with Crippen LogP contribution in [0.5, 0.6) is 0 Å². The van der Waals surface area contributed by atoms with Crippen molar-refractivity contribution in [3.63, 3.8) is 0 Å². The smallest absolute Gasteiger partial charge is 0.302 e. The molecule has 0 atom stereocenters. The molecule has 15 heavy (non-hydrogen) atoms. The molecule has 4 heteroatoms. The van der Waals surface area contributed by atoms with Crippen molar-refractivity contribution in [3.8, 4) is 0 Å². The second kappa shape index (κ2) is 7.26. The van der Waals surface area contributed by atoms with Gasteiger partial charge in [0.2, 0.25) is 0 Å². The maximum Gasteiger partial charge on any atom is 0.302 e. The summed E-state index contributed by atoms with van der Waals surface area (Å²) in [5.74, 6) is -0.0166. The first-order valence-corrected chi connectivity index (χ1v) is 5.18. The molecule has 0 saturated carbocycles. The monoisotopic (exact) mass is 216 g/mol. The first-order valence-electron chi connectivity index (χ1n) is 5.18. The third-order valence-electron chi connectivity index (χ3n) is 1.85. The van der Waals surface area contributed by atoms with Crippen molar-refractivity contribution in [2.75, 3.05) is 13.2 Å². The summed E-state index contributed by atoms with van der Waals surface area (Å²) in [6, 6.07) is 0. The molecule has 0 amide bonds. The Morgan fingerprint density at radius 2 is 1.40 bits per heavy atom. The van der Waals surface area contributed by atoms with Crippen molar-refractivity contribution in [1.82, 2.24) is 0 Å². The van der Waals surface area contributed by atoms with E-state index in [1.54, 1.807) is 0 Å². The highest BCUT2D eigenvalue weighted by Crippen LogP contribution is 2.12. The van der Waals surface area contributed by atoms with Crippen molar-refractivity contribution in [2.45, 2.75) is 34.1 Å². The van der Waals surface area contributed by atoms with Crippen LogP contribution in [0.25, 0.3) is 0 Å². The van der Waals surface area contributed by atoms with E-state index in [1.807, 2.05) is 0 Å². The Labute approximate surface area is 90.9 Å². The van der Waals surface area contributed by atoms with Crippen molar-refractivity contribution in [2.24, 2.45) is 11.8 Å². The van der Waals surface area contributed by atoms with Crippen LogP contribution < -0.4 is 0 Å². The van der Waals surface area contributed by atoms with Gasteiger partial charge >= 0.3 is 11.9 Å². The fourth-order valence-corrected chi connectivity index (χ4v) is 1.32. The van der Waals surface area contributed by atoms with Crippen molar-refractivity contribution in [3.05, 3.63) is 0 Å². The van der Waals surface area contributed by atoms with Crippen molar-refractivity contribution >= 4 is 11.9 Å². The van der Waals surface area contributed by atoms with Crippen molar-refractivity contribution in [1.29, 1.82) is 0 Å². The van der Waals surface area contributed by atoms with E-state index in [0.717, 1.165) is 6.42 Å². The van der Waals surface area contributed by atoms with Gasteiger partial charge in [-0.15, -0.1) is 0 Å². The van der Waals surface area contributed by atoms with Gasteiger partial charge in [-0.2, -0.15) is 0 Å². The van der Waals surface area contributed by atoms with E-state index in [2.05, 4.69) is 13.8 Å². The second-order valence-corrected chi connectivity index (χ2v) is 4.10. The van der Waals surface area contributed by atoms with E-state index in [-0.39, 0.29) is 17.9 Å². The van der Waals surface area contributed by atoms with Gasteiger partial charge in [-0.1, -0.05) is 13.8 Å². The number of carbonyl (C=O) groups is 2. The first-order chi connectivity index (χ1) is 6.91. The molecule has 0 aliphatic heterocycles. The second-order valence-electron chi connectivity index (χ2n) is 4.10. The molecular formula is C11H20O4. The molecule has 0 aliphatic carbocycles. The van der Waals surface area contributed by atoms with Crippen LogP contribution in [0.3, 0.4) is 0 Å². The zero-order chi connectivity index (χ0) is 11.8. The highest BCUT2D eigenvalue weighted by Gasteiger charge is 2.14. The van der Waals surface area contributed by atoms with E-state index in [4.69, 9.17) is 9.47 Å². The van der Waals surface area contributed by atoms with Crippen LogP contribution in [0.1, 0.15) is 34.1 Å². The minimum Gasteiger partial charge on any atom is -0.465 e. The fourth-order valence-electron chi connectivity index (χ4n) is 1.32. The van der Waals surface area contributed by atoms with Gasteiger partial charge in [0.1, 0.15) is 0 Å². The highest BCUT2D eigenvalue weighted by molar-refractivity contribution is 5.66. The molecule has 0 aromatic carbocycles. The summed E-state index contributed by atoms with van der Waals surface area (Å²) >= 11 is 0. The molecule has 0 spiro atoms. The van der Waals surface area contributed by atoms with Crippen LogP contribution in [0.4, 0.5) is 0 Å². The predicted octanol–water partition coefficient (Wildman–Crippen LogP) is 1.77. The highest BCUT2D eigenvalue weighted by atomic mass is 16.5. The molecular weight excluding hydrogens is 196 g/mol. The summed E-state index contributed by atoms with van der Waals surface area (Å²) in [7, 11) is 0. The van der Waals surface area contributed by atoms with Crippen LogP contribution in [0.15, 0.2) is 0 Å². The molecule has 0 radical (unpaired) electrons. The van der Waals surface area contributed by atoms with Crippen LogP contribution in [-0.2, 0) is 19.1 Å². The summed E-state index contributed by atoms with van der Waals surface area (Å²) in [5.41, 5.74) is 0. The fraction of sp³-hybridized carbons (Fsp3) is 0.818. The number of hydrogen-bond acceptors (Lipinski definition) is 4. The standard InChI is InChI=1S/C11H20O4/c1-8(2)5-11(6-14-9(3)12)7-15-10(4)13/h8,11H,5-7H2,1-4H3. The zero-order valence-corrected chi connectivity index (χ0v) is 9.91. The normalized spacial score (nSPS) is 10.5. The number of carbonyl (C=O) groups excluding carboxylic acids is 2. The molecule has 0 saturated heterocycles. The SMILES string of the molecule is CC(=O)OCC(COC(C)=O)CC(C)C. The summed E-state index contributed by atoms with van der Waals surface area (Å²) in [5, 5.41) is 0.